The van der Waals surface area contributed by atoms with Gasteiger partial charge in [0.05, 0.1) is 6.10 Å². The number of likely N-dealkylation sites (tertiary alicyclic amines) is 1. The SMILES string of the molecule is COC1CCC(N2CCC(=O)CC2C)C1. The Hall–Kier alpha value is -0.410. The minimum Gasteiger partial charge on any atom is -0.381 e. The van der Waals surface area contributed by atoms with Crippen molar-refractivity contribution >= 4 is 5.78 Å². The number of hydrogen-bond donors (Lipinski definition) is 0. The molecule has 3 unspecified atom stereocenters. The van der Waals surface area contributed by atoms with E-state index in [0.717, 1.165) is 25.8 Å². The molecule has 2 fully saturated rings. The third-order valence-corrected chi connectivity index (χ3v) is 3.90. The number of ketones is 1. The van der Waals surface area contributed by atoms with Crippen molar-refractivity contribution in [3.63, 3.8) is 0 Å². The van der Waals surface area contributed by atoms with Crippen LogP contribution in [-0.4, -0.2) is 42.5 Å². The maximum absolute atomic E-state index is 11.3. The molecule has 3 nitrogen and oxygen atoms in total. The van der Waals surface area contributed by atoms with Crippen LogP contribution in [0.2, 0.25) is 0 Å². The van der Waals surface area contributed by atoms with E-state index in [4.69, 9.17) is 4.74 Å². The fourth-order valence-electron chi connectivity index (χ4n) is 3.00. The molecule has 0 aromatic carbocycles. The average molecular weight is 211 g/mol. The number of nitrogens with zero attached hydrogens (tertiary/aromatic N) is 1. The van der Waals surface area contributed by atoms with Crippen molar-refractivity contribution in [3.8, 4) is 0 Å². The Bertz CT molecular complexity index is 242. The monoisotopic (exact) mass is 211 g/mol. The van der Waals surface area contributed by atoms with Crippen molar-refractivity contribution in [3.05, 3.63) is 0 Å². The van der Waals surface area contributed by atoms with Crippen molar-refractivity contribution in [1.82, 2.24) is 4.90 Å². The summed E-state index contributed by atoms with van der Waals surface area (Å²) in [5.74, 6) is 0.431. The number of rotatable bonds is 2. The van der Waals surface area contributed by atoms with Crippen LogP contribution in [0, 0.1) is 0 Å². The number of carbonyl (C=O) groups is 1. The highest BCUT2D eigenvalue weighted by atomic mass is 16.5. The van der Waals surface area contributed by atoms with Gasteiger partial charge in [-0.15, -0.1) is 0 Å². The van der Waals surface area contributed by atoms with Crippen LogP contribution in [0.25, 0.3) is 0 Å². The first-order valence-corrected chi connectivity index (χ1v) is 6.01. The number of carbonyl (C=O) groups excluding carboxylic acids is 1. The van der Waals surface area contributed by atoms with Crippen LogP contribution in [-0.2, 0) is 9.53 Å². The molecule has 0 aromatic rings. The normalized spacial score (nSPS) is 38.5. The summed E-state index contributed by atoms with van der Waals surface area (Å²) in [5, 5.41) is 0. The van der Waals surface area contributed by atoms with Gasteiger partial charge in [0, 0.05) is 38.6 Å². The fraction of sp³-hybridized carbons (Fsp3) is 0.917. The maximum atomic E-state index is 11.3. The van der Waals surface area contributed by atoms with E-state index in [0.29, 0.717) is 24.0 Å². The van der Waals surface area contributed by atoms with Crippen LogP contribution in [0.4, 0.5) is 0 Å². The molecule has 0 bridgehead atoms. The van der Waals surface area contributed by atoms with Gasteiger partial charge in [0.2, 0.25) is 0 Å². The summed E-state index contributed by atoms with van der Waals surface area (Å²) in [6, 6.07) is 1.09. The Labute approximate surface area is 91.8 Å². The van der Waals surface area contributed by atoms with Crippen LogP contribution < -0.4 is 0 Å². The summed E-state index contributed by atoms with van der Waals surface area (Å²) in [6.45, 7) is 3.14. The van der Waals surface area contributed by atoms with E-state index in [9.17, 15) is 4.79 Å². The van der Waals surface area contributed by atoms with Crippen molar-refractivity contribution < 1.29 is 9.53 Å². The van der Waals surface area contributed by atoms with E-state index in [-0.39, 0.29) is 0 Å². The zero-order chi connectivity index (χ0) is 10.8. The molecule has 86 valence electrons. The second-order valence-electron chi connectivity index (χ2n) is 4.90. The summed E-state index contributed by atoms with van der Waals surface area (Å²) in [4.78, 5) is 13.8. The summed E-state index contributed by atoms with van der Waals surface area (Å²) in [7, 11) is 1.80. The standard InChI is InChI=1S/C12H21NO2/c1-9-7-11(14)5-6-13(9)10-3-4-12(8-10)15-2/h9-10,12H,3-8H2,1-2H3. The molecule has 1 aliphatic carbocycles. The Morgan fingerprint density at radius 2 is 2.20 bits per heavy atom. The minimum atomic E-state index is 0.431. The van der Waals surface area contributed by atoms with Crippen molar-refractivity contribution in [1.29, 1.82) is 0 Å². The molecule has 15 heavy (non-hydrogen) atoms. The predicted molar refractivity (Wildman–Crippen MR) is 58.8 cm³/mol. The lowest BCUT2D eigenvalue weighted by Gasteiger charge is -2.37. The van der Waals surface area contributed by atoms with Gasteiger partial charge in [0.1, 0.15) is 5.78 Å². The predicted octanol–water partition coefficient (Wildman–Crippen LogP) is 1.61. The molecule has 0 radical (unpaired) electrons. The lowest BCUT2D eigenvalue weighted by Crippen LogP contribution is -2.46. The molecule has 1 aliphatic heterocycles. The molecule has 2 rings (SSSR count). The van der Waals surface area contributed by atoms with Crippen LogP contribution in [0.3, 0.4) is 0 Å². The minimum absolute atomic E-state index is 0.431. The molecule has 0 spiro atoms. The van der Waals surface area contributed by atoms with Gasteiger partial charge in [-0.25, -0.2) is 0 Å². The molecular formula is C12H21NO2. The van der Waals surface area contributed by atoms with Crippen LogP contribution >= 0.6 is 0 Å². The quantitative estimate of drug-likeness (QED) is 0.695. The second-order valence-corrected chi connectivity index (χ2v) is 4.90. The van der Waals surface area contributed by atoms with E-state index >= 15 is 0 Å². The average Bonchev–Trinajstić information content (AvgIpc) is 2.66. The largest absolute Gasteiger partial charge is 0.381 e. The molecule has 1 saturated carbocycles. The van der Waals surface area contributed by atoms with Gasteiger partial charge >= 0.3 is 0 Å². The van der Waals surface area contributed by atoms with Gasteiger partial charge in [0.15, 0.2) is 0 Å². The van der Waals surface area contributed by atoms with E-state index in [1.807, 2.05) is 0 Å². The van der Waals surface area contributed by atoms with Crippen molar-refractivity contribution in [2.75, 3.05) is 13.7 Å². The Balaban J connectivity index is 1.91. The maximum Gasteiger partial charge on any atom is 0.135 e. The highest BCUT2D eigenvalue weighted by Crippen LogP contribution is 2.29. The molecule has 0 aromatic heterocycles. The number of ether oxygens (including phenoxy) is 1. The lowest BCUT2D eigenvalue weighted by molar-refractivity contribution is -0.123. The second kappa shape index (κ2) is 4.62. The van der Waals surface area contributed by atoms with E-state index in [1.165, 1.54) is 12.8 Å². The molecule has 3 heteroatoms. The van der Waals surface area contributed by atoms with Gasteiger partial charge in [-0.3, -0.25) is 9.69 Å². The molecule has 1 saturated heterocycles. The summed E-state index contributed by atoms with van der Waals surface area (Å²) in [6.07, 6.45) is 5.50. The highest BCUT2D eigenvalue weighted by molar-refractivity contribution is 5.79. The first-order chi connectivity index (χ1) is 7.20. The molecule has 1 heterocycles. The number of hydrogen-bond acceptors (Lipinski definition) is 3. The van der Waals surface area contributed by atoms with Gasteiger partial charge in [-0.2, -0.15) is 0 Å². The van der Waals surface area contributed by atoms with E-state index in [2.05, 4.69) is 11.8 Å². The Morgan fingerprint density at radius 1 is 1.40 bits per heavy atom. The van der Waals surface area contributed by atoms with Gasteiger partial charge in [-0.05, 0) is 26.2 Å². The zero-order valence-corrected chi connectivity index (χ0v) is 9.74. The molecule has 2 aliphatic rings. The van der Waals surface area contributed by atoms with Gasteiger partial charge in [0.25, 0.3) is 0 Å². The fourth-order valence-corrected chi connectivity index (χ4v) is 3.00. The zero-order valence-electron chi connectivity index (χ0n) is 9.74. The molecule has 0 amide bonds. The number of piperidine rings is 1. The summed E-state index contributed by atoms with van der Waals surface area (Å²) < 4.78 is 5.39. The first kappa shape index (κ1) is 11.1. The van der Waals surface area contributed by atoms with Crippen LogP contribution in [0.1, 0.15) is 39.0 Å². The smallest absolute Gasteiger partial charge is 0.135 e. The molecular weight excluding hydrogens is 190 g/mol. The summed E-state index contributed by atoms with van der Waals surface area (Å²) in [5.41, 5.74) is 0. The molecule has 0 N–H and O–H groups in total. The number of Topliss-reactive ketones (excluding diaryl/α,β-unsaturated/α-hetero) is 1. The van der Waals surface area contributed by atoms with Crippen molar-refractivity contribution in [2.24, 2.45) is 0 Å². The van der Waals surface area contributed by atoms with Crippen molar-refractivity contribution in [2.45, 2.75) is 57.2 Å². The van der Waals surface area contributed by atoms with E-state index in [1.54, 1.807) is 7.11 Å². The molecule has 3 atom stereocenters. The Morgan fingerprint density at radius 3 is 2.80 bits per heavy atom. The van der Waals surface area contributed by atoms with Crippen LogP contribution in [0.5, 0.6) is 0 Å². The third kappa shape index (κ3) is 2.40. The lowest BCUT2D eigenvalue weighted by atomic mass is 9.99. The van der Waals surface area contributed by atoms with E-state index < -0.39 is 0 Å². The number of methoxy groups -OCH3 is 1. The highest BCUT2D eigenvalue weighted by Gasteiger charge is 2.34. The van der Waals surface area contributed by atoms with Gasteiger partial charge in [-0.1, -0.05) is 0 Å². The third-order valence-electron chi connectivity index (χ3n) is 3.90. The van der Waals surface area contributed by atoms with Crippen LogP contribution in [0.15, 0.2) is 0 Å². The Kier molecular flexibility index (Phi) is 3.42. The first-order valence-electron chi connectivity index (χ1n) is 6.01. The topological polar surface area (TPSA) is 29.5 Å². The van der Waals surface area contributed by atoms with Gasteiger partial charge < -0.3 is 4.74 Å². The summed E-state index contributed by atoms with van der Waals surface area (Å²) >= 11 is 0.